The highest BCUT2D eigenvalue weighted by molar-refractivity contribution is 6.00. The molecule has 0 aliphatic carbocycles. The monoisotopic (exact) mass is 340 g/mol. The zero-order valence-corrected chi connectivity index (χ0v) is 16.3. The molecule has 0 aromatic heterocycles. The zero-order valence-electron chi connectivity index (χ0n) is 16.3. The standard InChI is InChI=1S/C20H36O4/c1-6-9-10-11-12-13-14-17(19(21)23-7-2)18(15-16(4)5)20(22)24-8-3/h16H,6-15H2,1-5H3. The van der Waals surface area contributed by atoms with Gasteiger partial charge in [-0.3, -0.25) is 0 Å². The molecular formula is C20H36O4. The van der Waals surface area contributed by atoms with Crippen molar-refractivity contribution in [1.29, 1.82) is 0 Å². The zero-order chi connectivity index (χ0) is 18.4. The predicted octanol–water partition coefficient (Wildman–Crippen LogP) is 5.21. The van der Waals surface area contributed by atoms with Gasteiger partial charge in [0, 0.05) is 11.1 Å². The summed E-state index contributed by atoms with van der Waals surface area (Å²) in [5.41, 5.74) is 1.01. The number of carbonyl (C=O) groups excluding carboxylic acids is 2. The van der Waals surface area contributed by atoms with E-state index in [1.807, 2.05) is 13.8 Å². The second-order valence-electron chi connectivity index (χ2n) is 6.51. The first-order valence-corrected chi connectivity index (χ1v) is 9.54. The summed E-state index contributed by atoms with van der Waals surface area (Å²) in [6.45, 7) is 10.5. The van der Waals surface area contributed by atoms with Crippen LogP contribution in [-0.4, -0.2) is 25.2 Å². The van der Waals surface area contributed by atoms with Gasteiger partial charge in [0.05, 0.1) is 13.2 Å². The molecule has 0 atom stereocenters. The lowest BCUT2D eigenvalue weighted by Gasteiger charge is -2.15. The van der Waals surface area contributed by atoms with Crippen molar-refractivity contribution in [2.24, 2.45) is 5.92 Å². The van der Waals surface area contributed by atoms with E-state index in [-0.39, 0.29) is 17.9 Å². The highest BCUT2D eigenvalue weighted by Crippen LogP contribution is 2.23. The maximum Gasteiger partial charge on any atom is 0.334 e. The number of rotatable bonds is 13. The molecule has 0 aliphatic heterocycles. The Morgan fingerprint density at radius 1 is 0.750 bits per heavy atom. The number of esters is 2. The molecule has 4 nitrogen and oxygen atoms in total. The molecular weight excluding hydrogens is 304 g/mol. The van der Waals surface area contributed by atoms with Crippen molar-refractivity contribution >= 4 is 11.9 Å². The van der Waals surface area contributed by atoms with Crippen LogP contribution in [-0.2, 0) is 19.1 Å². The van der Waals surface area contributed by atoms with Gasteiger partial charge in [0.2, 0.25) is 0 Å². The van der Waals surface area contributed by atoms with Gasteiger partial charge >= 0.3 is 11.9 Å². The van der Waals surface area contributed by atoms with Crippen molar-refractivity contribution in [3.63, 3.8) is 0 Å². The van der Waals surface area contributed by atoms with E-state index in [4.69, 9.17) is 9.47 Å². The van der Waals surface area contributed by atoms with Gasteiger partial charge in [-0.25, -0.2) is 9.59 Å². The third-order valence-corrected chi connectivity index (χ3v) is 3.80. The first-order valence-electron chi connectivity index (χ1n) is 9.54. The van der Waals surface area contributed by atoms with Gasteiger partial charge in [0.1, 0.15) is 0 Å². The number of hydrogen-bond donors (Lipinski definition) is 0. The first-order chi connectivity index (χ1) is 11.5. The summed E-state index contributed by atoms with van der Waals surface area (Å²) < 4.78 is 10.4. The Kier molecular flexibility index (Phi) is 13.3. The Morgan fingerprint density at radius 2 is 1.25 bits per heavy atom. The average Bonchev–Trinajstić information content (AvgIpc) is 2.52. The summed E-state index contributed by atoms with van der Waals surface area (Å²) in [4.78, 5) is 24.7. The lowest BCUT2D eigenvalue weighted by atomic mass is 9.94. The van der Waals surface area contributed by atoms with Crippen LogP contribution < -0.4 is 0 Å². The van der Waals surface area contributed by atoms with Crippen LogP contribution in [0.15, 0.2) is 11.1 Å². The predicted molar refractivity (Wildman–Crippen MR) is 97.7 cm³/mol. The molecule has 4 heteroatoms. The maximum atomic E-state index is 12.4. The molecule has 140 valence electrons. The normalized spacial score (nSPS) is 12.1. The molecule has 0 unspecified atom stereocenters. The fraction of sp³-hybridized carbons (Fsp3) is 0.800. The third-order valence-electron chi connectivity index (χ3n) is 3.80. The van der Waals surface area contributed by atoms with Gasteiger partial charge in [-0.1, -0.05) is 52.9 Å². The van der Waals surface area contributed by atoms with E-state index in [0.29, 0.717) is 37.2 Å². The molecule has 0 N–H and O–H groups in total. The van der Waals surface area contributed by atoms with Crippen LogP contribution in [0.4, 0.5) is 0 Å². The van der Waals surface area contributed by atoms with Crippen LogP contribution in [0.25, 0.3) is 0 Å². The number of unbranched alkanes of at least 4 members (excludes halogenated alkanes) is 5. The molecule has 0 rings (SSSR count). The molecule has 0 amide bonds. The Bertz CT molecular complexity index is 396. The van der Waals surface area contributed by atoms with E-state index in [9.17, 15) is 9.59 Å². The van der Waals surface area contributed by atoms with Crippen LogP contribution in [0.5, 0.6) is 0 Å². The second kappa shape index (κ2) is 14.1. The minimum absolute atomic E-state index is 0.276. The van der Waals surface area contributed by atoms with E-state index < -0.39 is 0 Å². The van der Waals surface area contributed by atoms with Gasteiger partial charge in [-0.2, -0.15) is 0 Å². The molecule has 24 heavy (non-hydrogen) atoms. The van der Waals surface area contributed by atoms with E-state index in [1.165, 1.54) is 25.7 Å². The third kappa shape index (κ3) is 9.74. The molecule has 0 aliphatic rings. The van der Waals surface area contributed by atoms with Crippen molar-refractivity contribution in [3.05, 3.63) is 11.1 Å². The average molecular weight is 341 g/mol. The summed E-state index contributed by atoms with van der Waals surface area (Å²) in [6.07, 6.45) is 7.97. The van der Waals surface area contributed by atoms with Gasteiger partial charge in [-0.05, 0) is 39.0 Å². The van der Waals surface area contributed by atoms with Crippen molar-refractivity contribution in [2.45, 2.75) is 86.0 Å². The number of carbonyl (C=O) groups is 2. The molecule has 0 saturated carbocycles. The molecule has 0 aromatic carbocycles. The Balaban J connectivity index is 5.11. The molecule has 0 spiro atoms. The smallest absolute Gasteiger partial charge is 0.334 e. The van der Waals surface area contributed by atoms with Gasteiger partial charge in [0.25, 0.3) is 0 Å². The minimum Gasteiger partial charge on any atom is -0.463 e. The van der Waals surface area contributed by atoms with Gasteiger partial charge < -0.3 is 9.47 Å². The molecule has 0 bridgehead atoms. The van der Waals surface area contributed by atoms with Crippen molar-refractivity contribution in [1.82, 2.24) is 0 Å². The number of ether oxygens (including phenoxy) is 2. The van der Waals surface area contributed by atoms with Crippen molar-refractivity contribution < 1.29 is 19.1 Å². The summed E-state index contributed by atoms with van der Waals surface area (Å²) in [6, 6.07) is 0. The molecule has 0 saturated heterocycles. The summed E-state index contributed by atoms with van der Waals surface area (Å²) in [7, 11) is 0. The van der Waals surface area contributed by atoms with Crippen LogP contribution in [0.1, 0.15) is 86.0 Å². The summed E-state index contributed by atoms with van der Waals surface area (Å²) in [5.74, 6) is -0.464. The van der Waals surface area contributed by atoms with E-state index in [1.54, 1.807) is 13.8 Å². The largest absolute Gasteiger partial charge is 0.463 e. The van der Waals surface area contributed by atoms with Crippen molar-refractivity contribution in [3.8, 4) is 0 Å². The van der Waals surface area contributed by atoms with E-state index in [0.717, 1.165) is 12.8 Å². The molecule has 0 heterocycles. The Labute approximate surface area is 148 Å². The minimum atomic E-state index is -0.375. The lowest BCUT2D eigenvalue weighted by molar-refractivity contribution is -0.142. The SMILES string of the molecule is CCCCCCCCC(C(=O)OCC)=C(CC(C)C)C(=O)OCC. The molecule has 0 radical (unpaired) electrons. The first kappa shape index (κ1) is 22.7. The van der Waals surface area contributed by atoms with Crippen molar-refractivity contribution in [2.75, 3.05) is 13.2 Å². The summed E-state index contributed by atoms with van der Waals surface area (Å²) in [5, 5.41) is 0. The summed E-state index contributed by atoms with van der Waals surface area (Å²) >= 11 is 0. The fourth-order valence-electron chi connectivity index (χ4n) is 2.63. The molecule has 0 aromatic rings. The van der Waals surface area contributed by atoms with Gasteiger partial charge in [0.15, 0.2) is 0 Å². The van der Waals surface area contributed by atoms with Crippen LogP contribution in [0.3, 0.4) is 0 Å². The van der Waals surface area contributed by atoms with E-state index >= 15 is 0 Å². The fourth-order valence-corrected chi connectivity index (χ4v) is 2.63. The van der Waals surface area contributed by atoms with Gasteiger partial charge in [-0.15, -0.1) is 0 Å². The molecule has 0 fully saturated rings. The van der Waals surface area contributed by atoms with Crippen LogP contribution >= 0.6 is 0 Å². The van der Waals surface area contributed by atoms with Crippen LogP contribution in [0, 0.1) is 5.92 Å². The lowest BCUT2D eigenvalue weighted by Crippen LogP contribution is -2.18. The second-order valence-corrected chi connectivity index (χ2v) is 6.51. The quantitative estimate of drug-likeness (QED) is 0.262. The number of hydrogen-bond acceptors (Lipinski definition) is 4. The highest BCUT2D eigenvalue weighted by atomic mass is 16.5. The van der Waals surface area contributed by atoms with Crippen LogP contribution in [0.2, 0.25) is 0 Å². The van der Waals surface area contributed by atoms with E-state index in [2.05, 4.69) is 6.92 Å². The Morgan fingerprint density at radius 3 is 1.75 bits per heavy atom. The topological polar surface area (TPSA) is 52.6 Å². The maximum absolute atomic E-state index is 12.4. The Hall–Kier alpha value is -1.32. The highest BCUT2D eigenvalue weighted by Gasteiger charge is 2.23.